The number of benzene rings is 2. The van der Waals surface area contributed by atoms with Gasteiger partial charge in [0.1, 0.15) is 5.75 Å². The van der Waals surface area contributed by atoms with Gasteiger partial charge < -0.3 is 9.47 Å². The molecular formula is C28H30F4O3. The van der Waals surface area contributed by atoms with Crippen LogP contribution in [0.25, 0.3) is 0 Å². The van der Waals surface area contributed by atoms with E-state index in [1.54, 1.807) is 12.1 Å². The number of hydrogen-bond acceptors (Lipinski definition) is 3. The van der Waals surface area contributed by atoms with E-state index in [1.807, 2.05) is 18.2 Å². The number of halogens is 4. The minimum absolute atomic E-state index is 0.235. The molecule has 7 heteroatoms. The molecule has 0 saturated heterocycles. The molecule has 35 heavy (non-hydrogen) atoms. The van der Waals surface area contributed by atoms with Crippen LogP contribution in [-0.4, -0.2) is 12.6 Å². The first kappa shape index (κ1) is 25.3. The number of alkyl halides is 2. The van der Waals surface area contributed by atoms with Gasteiger partial charge >= 0.3 is 12.6 Å². The van der Waals surface area contributed by atoms with Crippen LogP contribution in [0.1, 0.15) is 73.2 Å². The van der Waals surface area contributed by atoms with Crippen LogP contribution >= 0.6 is 0 Å². The molecule has 0 radical (unpaired) electrons. The molecule has 2 saturated carbocycles. The second kappa shape index (κ2) is 11.3. The van der Waals surface area contributed by atoms with Crippen LogP contribution in [-0.2, 0) is 0 Å². The average Bonchev–Trinajstić information content (AvgIpc) is 2.84. The monoisotopic (exact) mass is 490 g/mol. The Balaban J connectivity index is 1.35. The van der Waals surface area contributed by atoms with Gasteiger partial charge in [0.2, 0.25) is 0 Å². The van der Waals surface area contributed by atoms with Gasteiger partial charge in [-0.2, -0.15) is 8.78 Å². The summed E-state index contributed by atoms with van der Waals surface area (Å²) in [5, 5.41) is 0. The van der Waals surface area contributed by atoms with E-state index >= 15 is 0 Å². The van der Waals surface area contributed by atoms with Gasteiger partial charge in [0.15, 0.2) is 17.4 Å². The van der Waals surface area contributed by atoms with Gasteiger partial charge in [0.05, 0.1) is 5.56 Å². The van der Waals surface area contributed by atoms with E-state index in [9.17, 15) is 22.4 Å². The Labute approximate surface area is 203 Å². The molecule has 0 heterocycles. The zero-order chi connectivity index (χ0) is 24.9. The molecule has 2 aromatic carbocycles. The SMILES string of the molecule is C=CCCC1CCC2CC(c3ccc(C(=O)Oc4cc(F)c(OC(F)F)c(F)c4)cc3)CCC2C1. The molecule has 0 bridgehead atoms. The van der Waals surface area contributed by atoms with Crippen LogP contribution in [0.4, 0.5) is 17.6 Å². The number of carbonyl (C=O) groups is 1. The van der Waals surface area contributed by atoms with Gasteiger partial charge in [-0.25, -0.2) is 13.6 Å². The molecule has 2 fully saturated rings. The van der Waals surface area contributed by atoms with Gasteiger partial charge in [-0.3, -0.25) is 0 Å². The number of carbonyl (C=O) groups excluding carboxylic acids is 1. The summed E-state index contributed by atoms with van der Waals surface area (Å²) in [6.07, 6.45) is 11.8. The lowest BCUT2D eigenvalue weighted by Gasteiger charge is -2.42. The highest BCUT2D eigenvalue weighted by Crippen LogP contribution is 2.48. The highest BCUT2D eigenvalue weighted by molar-refractivity contribution is 5.91. The van der Waals surface area contributed by atoms with Gasteiger partial charge in [-0.15, -0.1) is 6.58 Å². The van der Waals surface area contributed by atoms with Crippen LogP contribution in [0.5, 0.6) is 11.5 Å². The van der Waals surface area contributed by atoms with E-state index in [0.717, 1.165) is 37.0 Å². The molecular weight excluding hydrogens is 460 g/mol. The number of fused-ring (bicyclic) bond motifs is 1. The smallest absolute Gasteiger partial charge is 0.387 e. The number of rotatable bonds is 8. The Kier molecular flexibility index (Phi) is 8.14. The van der Waals surface area contributed by atoms with E-state index in [1.165, 1.54) is 37.7 Å². The predicted molar refractivity (Wildman–Crippen MR) is 125 cm³/mol. The van der Waals surface area contributed by atoms with Crippen molar-refractivity contribution in [2.75, 3.05) is 0 Å². The number of esters is 1. The van der Waals surface area contributed by atoms with Gasteiger partial charge in [0, 0.05) is 12.1 Å². The third kappa shape index (κ3) is 6.24. The fraction of sp³-hybridized carbons (Fsp3) is 0.464. The van der Waals surface area contributed by atoms with Crippen LogP contribution in [0.15, 0.2) is 49.1 Å². The third-order valence-electron chi connectivity index (χ3n) is 7.51. The minimum Gasteiger partial charge on any atom is -0.429 e. The lowest BCUT2D eigenvalue weighted by atomic mass is 9.63. The minimum atomic E-state index is -3.38. The predicted octanol–water partition coefficient (Wildman–Crippen LogP) is 8.05. The fourth-order valence-electron chi connectivity index (χ4n) is 5.76. The van der Waals surface area contributed by atoms with E-state index < -0.39 is 35.7 Å². The van der Waals surface area contributed by atoms with Gasteiger partial charge in [-0.05, 0) is 86.3 Å². The summed E-state index contributed by atoms with van der Waals surface area (Å²) in [6.45, 7) is 0.463. The average molecular weight is 491 g/mol. The Morgan fingerprint density at radius 3 is 2.31 bits per heavy atom. The molecule has 3 nitrogen and oxygen atoms in total. The molecule has 0 amide bonds. The summed E-state index contributed by atoms with van der Waals surface area (Å²) in [5.41, 5.74) is 1.42. The summed E-state index contributed by atoms with van der Waals surface area (Å²) in [4.78, 5) is 12.5. The maximum Gasteiger partial charge on any atom is 0.387 e. The Morgan fingerprint density at radius 1 is 1.00 bits per heavy atom. The van der Waals surface area contributed by atoms with Crippen LogP contribution in [0.3, 0.4) is 0 Å². The van der Waals surface area contributed by atoms with Crippen molar-refractivity contribution in [2.24, 2.45) is 17.8 Å². The highest BCUT2D eigenvalue weighted by Gasteiger charge is 2.35. The summed E-state index contributed by atoms with van der Waals surface area (Å²) in [5.74, 6) is -2.37. The third-order valence-corrected chi connectivity index (χ3v) is 7.51. The number of allylic oxidation sites excluding steroid dienone is 1. The second-order valence-electron chi connectivity index (χ2n) is 9.68. The van der Waals surface area contributed by atoms with E-state index in [2.05, 4.69) is 11.3 Å². The van der Waals surface area contributed by atoms with Gasteiger partial charge in [0.25, 0.3) is 0 Å². The number of hydrogen-bond donors (Lipinski definition) is 0. The van der Waals surface area contributed by atoms with Crippen molar-refractivity contribution in [1.82, 2.24) is 0 Å². The molecule has 4 unspecified atom stereocenters. The van der Waals surface area contributed by atoms with Crippen molar-refractivity contribution < 1.29 is 31.8 Å². The van der Waals surface area contributed by atoms with E-state index in [-0.39, 0.29) is 5.56 Å². The van der Waals surface area contributed by atoms with Crippen LogP contribution in [0.2, 0.25) is 0 Å². The molecule has 0 spiro atoms. The molecule has 4 rings (SSSR count). The summed E-state index contributed by atoms with van der Waals surface area (Å²) in [6, 6.07) is 8.40. The molecule has 0 N–H and O–H groups in total. The summed E-state index contributed by atoms with van der Waals surface area (Å²) in [7, 11) is 0. The van der Waals surface area contributed by atoms with E-state index in [4.69, 9.17) is 4.74 Å². The van der Waals surface area contributed by atoms with Crippen molar-refractivity contribution in [2.45, 2.75) is 63.9 Å². The Hall–Kier alpha value is -2.83. The van der Waals surface area contributed by atoms with Crippen molar-refractivity contribution in [3.63, 3.8) is 0 Å². The second-order valence-corrected chi connectivity index (χ2v) is 9.68. The lowest BCUT2D eigenvalue weighted by Crippen LogP contribution is -2.30. The highest BCUT2D eigenvalue weighted by atomic mass is 19.3. The van der Waals surface area contributed by atoms with Crippen molar-refractivity contribution in [3.8, 4) is 11.5 Å². The normalized spacial score (nSPS) is 24.0. The topological polar surface area (TPSA) is 35.5 Å². The molecule has 2 aliphatic rings. The summed E-state index contributed by atoms with van der Waals surface area (Å²) >= 11 is 0. The largest absolute Gasteiger partial charge is 0.429 e. The molecule has 0 aromatic heterocycles. The Morgan fingerprint density at radius 2 is 1.66 bits per heavy atom. The molecule has 188 valence electrons. The molecule has 2 aromatic rings. The fourth-order valence-corrected chi connectivity index (χ4v) is 5.76. The van der Waals surface area contributed by atoms with Crippen LogP contribution in [0, 0.1) is 29.4 Å². The zero-order valence-electron chi connectivity index (χ0n) is 19.5. The molecule has 4 atom stereocenters. The quantitative estimate of drug-likeness (QED) is 0.163. The first-order valence-corrected chi connectivity index (χ1v) is 12.2. The van der Waals surface area contributed by atoms with Crippen molar-refractivity contribution >= 4 is 5.97 Å². The first-order valence-electron chi connectivity index (χ1n) is 12.2. The maximum absolute atomic E-state index is 13.9. The van der Waals surface area contributed by atoms with Crippen LogP contribution < -0.4 is 9.47 Å². The first-order chi connectivity index (χ1) is 16.8. The molecule has 2 aliphatic carbocycles. The van der Waals surface area contributed by atoms with Gasteiger partial charge in [-0.1, -0.05) is 24.6 Å². The molecule has 0 aliphatic heterocycles. The van der Waals surface area contributed by atoms with Crippen molar-refractivity contribution in [3.05, 3.63) is 71.8 Å². The Bertz CT molecular complexity index is 1010. The van der Waals surface area contributed by atoms with Crippen molar-refractivity contribution in [1.29, 1.82) is 0 Å². The summed E-state index contributed by atoms with van der Waals surface area (Å²) < 4.78 is 61.2. The number of ether oxygens (including phenoxy) is 2. The lowest BCUT2D eigenvalue weighted by molar-refractivity contribution is -0.0547. The van der Waals surface area contributed by atoms with E-state index in [0.29, 0.717) is 18.1 Å². The maximum atomic E-state index is 13.9. The zero-order valence-corrected chi connectivity index (χ0v) is 19.5. The standard InChI is InChI=1S/C28H30F4O3/c1-2-3-4-17-5-6-22-14-21(12-11-20(22)13-17)18-7-9-19(10-8-18)27(33)34-23-15-24(29)26(25(30)16-23)35-28(31)32/h2,7-10,15-17,20-22,28H,1,3-6,11-14H2.